The van der Waals surface area contributed by atoms with Gasteiger partial charge < -0.3 is 10.4 Å². The fraction of sp³-hybridized carbons (Fsp3) is 0. The molecule has 0 unspecified atom stereocenters. The van der Waals surface area contributed by atoms with E-state index in [2.05, 4.69) is 5.32 Å². The first-order valence-corrected chi connectivity index (χ1v) is 5.57. The number of nitrogens with one attached hydrogen (secondary N) is 1. The van der Waals surface area contributed by atoms with Crippen LogP contribution in [0.15, 0.2) is 42.5 Å². The molecule has 0 bridgehead atoms. The SMILES string of the molecule is Cl.O=C(O)c1cccc(NC(=O)c2ccc(F)cc2F)c1. The minimum atomic E-state index is -1.14. The van der Waals surface area contributed by atoms with E-state index in [4.69, 9.17) is 5.11 Å². The van der Waals surface area contributed by atoms with Gasteiger partial charge in [0.25, 0.3) is 5.91 Å². The van der Waals surface area contributed by atoms with Crippen molar-refractivity contribution in [3.8, 4) is 0 Å². The Kier molecular flexibility index (Phi) is 5.37. The molecular weight excluding hydrogens is 304 g/mol. The number of hydrogen-bond acceptors (Lipinski definition) is 2. The zero-order valence-electron chi connectivity index (χ0n) is 10.5. The van der Waals surface area contributed by atoms with Crippen molar-refractivity contribution in [1.82, 2.24) is 0 Å². The van der Waals surface area contributed by atoms with E-state index in [1.54, 1.807) is 0 Å². The molecule has 0 aliphatic heterocycles. The summed E-state index contributed by atoms with van der Waals surface area (Å²) in [5.74, 6) is -3.71. The summed E-state index contributed by atoms with van der Waals surface area (Å²) in [4.78, 5) is 22.6. The van der Waals surface area contributed by atoms with Gasteiger partial charge in [-0.3, -0.25) is 4.79 Å². The normalized spacial score (nSPS) is 9.62. The lowest BCUT2D eigenvalue weighted by atomic mass is 10.1. The van der Waals surface area contributed by atoms with Crippen molar-refractivity contribution >= 4 is 30.0 Å². The maximum atomic E-state index is 13.4. The molecule has 0 saturated carbocycles. The van der Waals surface area contributed by atoms with Crippen molar-refractivity contribution in [3.63, 3.8) is 0 Å². The lowest BCUT2D eigenvalue weighted by Gasteiger charge is -2.07. The number of carbonyl (C=O) groups is 2. The van der Waals surface area contributed by atoms with Gasteiger partial charge >= 0.3 is 5.97 Å². The second kappa shape index (κ2) is 6.81. The van der Waals surface area contributed by atoms with Crippen molar-refractivity contribution in [1.29, 1.82) is 0 Å². The third kappa shape index (κ3) is 4.00. The first kappa shape index (κ1) is 16.6. The Morgan fingerprint density at radius 1 is 1.05 bits per heavy atom. The fourth-order valence-electron chi connectivity index (χ4n) is 1.60. The van der Waals surface area contributed by atoms with Gasteiger partial charge in [0, 0.05) is 11.8 Å². The molecular formula is C14H10ClF2NO3. The Balaban J connectivity index is 0.00000220. The number of halogens is 3. The van der Waals surface area contributed by atoms with Crippen molar-refractivity contribution in [2.24, 2.45) is 0 Å². The van der Waals surface area contributed by atoms with Crippen molar-refractivity contribution in [3.05, 3.63) is 65.2 Å². The summed E-state index contributed by atoms with van der Waals surface area (Å²) in [7, 11) is 0. The number of aromatic carboxylic acids is 1. The van der Waals surface area contributed by atoms with E-state index in [0.717, 1.165) is 12.1 Å². The molecule has 0 saturated heterocycles. The molecule has 0 fully saturated rings. The highest BCUT2D eigenvalue weighted by atomic mass is 35.5. The van der Waals surface area contributed by atoms with Crippen LogP contribution in [0.2, 0.25) is 0 Å². The van der Waals surface area contributed by atoms with Gasteiger partial charge in [-0.15, -0.1) is 12.4 Å². The summed E-state index contributed by atoms with van der Waals surface area (Å²) in [6.45, 7) is 0. The number of carbonyl (C=O) groups excluding carboxylic acids is 1. The molecule has 7 heteroatoms. The van der Waals surface area contributed by atoms with Crippen LogP contribution in [0.1, 0.15) is 20.7 Å². The van der Waals surface area contributed by atoms with Gasteiger partial charge in [0.05, 0.1) is 11.1 Å². The van der Waals surface area contributed by atoms with Gasteiger partial charge in [0.1, 0.15) is 11.6 Å². The largest absolute Gasteiger partial charge is 0.478 e. The molecule has 0 radical (unpaired) electrons. The van der Waals surface area contributed by atoms with Crippen LogP contribution in [0.3, 0.4) is 0 Å². The number of carboxylic acids is 1. The first-order chi connectivity index (χ1) is 9.47. The molecule has 21 heavy (non-hydrogen) atoms. The molecule has 2 aromatic carbocycles. The standard InChI is InChI=1S/C14H9F2NO3.ClH/c15-9-4-5-11(12(16)7-9)13(18)17-10-3-1-2-8(6-10)14(19)20;/h1-7H,(H,17,18)(H,19,20);1H. The first-order valence-electron chi connectivity index (χ1n) is 5.57. The summed E-state index contributed by atoms with van der Waals surface area (Å²) < 4.78 is 26.2. The van der Waals surface area contributed by atoms with Gasteiger partial charge in [-0.1, -0.05) is 6.07 Å². The van der Waals surface area contributed by atoms with E-state index >= 15 is 0 Å². The van der Waals surface area contributed by atoms with Crippen molar-refractivity contribution in [2.75, 3.05) is 5.32 Å². The third-order valence-corrected chi connectivity index (χ3v) is 2.54. The van der Waals surface area contributed by atoms with E-state index in [1.807, 2.05) is 0 Å². The predicted octanol–water partition coefficient (Wildman–Crippen LogP) is 3.34. The molecule has 0 aliphatic carbocycles. The smallest absolute Gasteiger partial charge is 0.335 e. The monoisotopic (exact) mass is 313 g/mol. The Labute approximate surface area is 124 Å². The van der Waals surface area contributed by atoms with E-state index in [1.165, 1.54) is 24.3 Å². The van der Waals surface area contributed by atoms with Crippen LogP contribution in [-0.4, -0.2) is 17.0 Å². The molecule has 2 aromatic rings. The summed E-state index contributed by atoms with van der Waals surface area (Å²) in [5.41, 5.74) is -0.131. The van der Waals surface area contributed by atoms with Crippen LogP contribution in [0.5, 0.6) is 0 Å². The van der Waals surface area contributed by atoms with Gasteiger partial charge in [-0.2, -0.15) is 0 Å². The average Bonchev–Trinajstić information content (AvgIpc) is 2.38. The van der Waals surface area contributed by atoms with Gasteiger partial charge in [-0.05, 0) is 30.3 Å². The number of amides is 1. The molecule has 2 rings (SSSR count). The van der Waals surface area contributed by atoms with Crippen LogP contribution in [0.4, 0.5) is 14.5 Å². The minimum absolute atomic E-state index is 0. The predicted molar refractivity (Wildman–Crippen MR) is 75.0 cm³/mol. The van der Waals surface area contributed by atoms with E-state index in [9.17, 15) is 18.4 Å². The lowest BCUT2D eigenvalue weighted by Crippen LogP contribution is -2.14. The average molecular weight is 314 g/mol. The maximum absolute atomic E-state index is 13.4. The molecule has 110 valence electrons. The molecule has 2 N–H and O–H groups in total. The number of anilines is 1. The quantitative estimate of drug-likeness (QED) is 0.913. The van der Waals surface area contributed by atoms with Gasteiger partial charge in [-0.25, -0.2) is 13.6 Å². The topological polar surface area (TPSA) is 66.4 Å². The molecule has 0 aliphatic rings. The van der Waals surface area contributed by atoms with E-state index < -0.39 is 23.5 Å². The van der Waals surface area contributed by atoms with Crippen LogP contribution in [0, 0.1) is 11.6 Å². The minimum Gasteiger partial charge on any atom is -0.478 e. The Hall–Kier alpha value is -2.47. The Bertz CT molecular complexity index is 692. The van der Waals surface area contributed by atoms with Crippen molar-refractivity contribution < 1.29 is 23.5 Å². The zero-order valence-corrected chi connectivity index (χ0v) is 11.3. The summed E-state index contributed by atoms with van der Waals surface area (Å²) in [6, 6.07) is 8.08. The summed E-state index contributed by atoms with van der Waals surface area (Å²) in [5, 5.41) is 11.2. The van der Waals surface area contributed by atoms with Crippen LogP contribution in [0.25, 0.3) is 0 Å². The van der Waals surface area contributed by atoms with Crippen molar-refractivity contribution in [2.45, 2.75) is 0 Å². The summed E-state index contributed by atoms with van der Waals surface area (Å²) in [6.07, 6.45) is 0. The van der Waals surface area contributed by atoms with E-state index in [-0.39, 0.29) is 29.2 Å². The van der Waals surface area contributed by atoms with Crippen LogP contribution >= 0.6 is 12.4 Å². The fourth-order valence-corrected chi connectivity index (χ4v) is 1.60. The van der Waals surface area contributed by atoms with Crippen LogP contribution < -0.4 is 5.32 Å². The number of hydrogen-bond donors (Lipinski definition) is 2. The molecule has 0 heterocycles. The third-order valence-electron chi connectivity index (χ3n) is 2.54. The molecule has 0 spiro atoms. The summed E-state index contributed by atoms with van der Waals surface area (Å²) >= 11 is 0. The zero-order chi connectivity index (χ0) is 14.7. The number of rotatable bonds is 3. The molecule has 1 amide bonds. The molecule has 4 nitrogen and oxygen atoms in total. The number of benzene rings is 2. The Morgan fingerprint density at radius 3 is 2.38 bits per heavy atom. The van der Waals surface area contributed by atoms with Crippen LogP contribution in [-0.2, 0) is 0 Å². The molecule has 0 atom stereocenters. The Morgan fingerprint density at radius 2 is 1.76 bits per heavy atom. The van der Waals surface area contributed by atoms with Gasteiger partial charge in [0.2, 0.25) is 0 Å². The van der Waals surface area contributed by atoms with E-state index in [0.29, 0.717) is 6.07 Å². The lowest BCUT2D eigenvalue weighted by molar-refractivity contribution is 0.0696. The molecule has 0 aromatic heterocycles. The highest BCUT2D eigenvalue weighted by molar-refractivity contribution is 6.05. The number of carboxylic acid groups (broad SMARTS) is 1. The highest BCUT2D eigenvalue weighted by Crippen LogP contribution is 2.15. The second-order valence-corrected chi connectivity index (χ2v) is 3.96. The maximum Gasteiger partial charge on any atom is 0.335 e. The highest BCUT2D eigenvalue weighted by Gasteiger charge is 2.13. The second-order valence-electron chi connectivity index (χ2n) is 3.96. The van der Waals surface area contributed by atoms with Gasteiger partial charge in [0.15, 0.2) is 0 Å².